The van der Waals surface area contributed by atoms with Gasteiger partial charge >= 0.3 is 0 Å². The van der Waals surface area contributed by atoms with Crippen molar-refractivity contribution in [3.05, 3.63) is 92.0 Å². The smallest absolute Gasteiger partial charge is 0.297 e. The third-order valence-electron chi connectivity index (χ3n) is 5.64. The maximum atomic E-state index is 13.8. The van der Waals surface area contributed by atoms with Gasteiger partial charge < -0.3 is 14.6 Å². The number of rotatable bonds is 7. The van der Waals surface area contributed by atoms with Crippen LogP contribution < -0.4 is 4.74 Å². The number of carbonyl (C=O) groups is 2. The first-order chi connectivity index (χ1) is 16.7. The Balaban J connectivity index is 1.85. The quantitative estimate of drug-likeness (QED) is 0.158. The van der Waals surface area contributed by atoms with Gasteiger partial charge in [-0.2, -0.15) is 0 Å². The summed E-state index contributed by atoms with van der Waals surface area (Å²) in [6, 6.07) is 12.3. The SMILES string of the molecule is Cc1cc(/C=C/OC=O)cc(C)c1Oc1c(C(=O)c2c(C)cc(Cl)cc2C)sc2cc(O)ccc12. The van der Waals surface area contributed by atoms with Crippen molar-refractivity contribution in [3.8, 4) is 17.2 Å². The fourth-order valence-electron chi connectivity index (χ4n) is 4.19. The fraction of sp³-hybridized carbons (Fsp3) is 0.143. The second-order valence-electron chi connectivity index (χ2n) is 8.31. The molecule has 1 aromatic heterocycles. The van der Waals surface area contributed by atoms with Crippen LogP contribution in [0.5, 0.6) is 17.2 Å². The number of fused-ring (bicyclic) bond motifs is 1. The largest absolute Gasteiger partial charge is 0.508 e. The number of hydrogen-bond acceptors (Lipinski definition) is 6. The Hall–Kier alpha value is -3.61. The monoisotopic (exact) mass is 506 g/mol. The molecule has 0 fully saturated rings. The van der Waals surface area contributed by atoms with Crippen LogP contribution in [0.3, 0.4) is 0 Å². The highest BCUT2D eigenvalue weighted by molar-refractivity contribution is 7.21. The molecule has 0 aliphatic carbocycles. The standard InChI is InChI=1S/C28H23ClO5S/c1-15-11-20(29)12-16(2)24(15)25(32)28-27(22-6-5-21(31)13-23(22)35-28)34-26-17(3)9-19(10-18(26)4)7-8-33-14-30/h5-14,31H,1-4H3/b8-7+. The number of aryl methyl sites for hydroxylation is 4. The lowest BCUT2D eigenvalue weighted by molar-refractivity contribution is -0.123. The molecule has 0 unspecified atom stereocenters. The third kappa shape index (κ3) is 4.94. The van der Waals surface area contributed by atoms with Crippen molar-refractivity contribution in [1.29, 1.82) is 0 Å². The molecule has 0 aliphatic rings. The fourth-order valence-corrected chi connectivity index (χ4v) is 5.62. The van der Waals surface area contributed by atoms with Crippen LogP contribution in [-0.2, 0) is 9.53 Å². The lowest BCUT2D eigenvalue weighted by atomic mass is 9.97. The Morgan fingerprint density at radius 2 is 1.60 bits per heavy atom. The molecule has 1 heterocycles. The minimum atomic E-state index is -0.159. The molecule has 4 aromatic rings. The van der Waals surface area contributed by atoms with Crippen LogP contribution in [0.4, 0.5) is 0 Å². The predicted molar refractivity (Wildman–Crippen MR) is 140 cm³/mol. The molecule has 5 nitrogen and oxygen atoms in total. The van der Waals surface area contributed by atoms with Gasteiger partial charge in [0.15, 0.2) is 5.75 Å². The summed E-state index contributed by atoms with van der Waals surface area (Å²) in [6.45, 7) is 7.91. The molecule has 1 N–H and O–H groups in total. The number of phenolic OH excluding ortho intramolecular Hbond substituents is 1. The van der Waals surface area contributed by atoms with E-state index < -0.39 is 0 Å². The van der Waals surface area contributed by atoms with Gasteiger partial charge in [0.05, 0.1) is 6.26 Å². The van der Waals surface area contributed by atoms with E-state index in [4.69, 9.17) is 16.3 Å². The molecule has 3 aromatic carbocycles. The van der Waals surface area contributed by atoms with E-state index >= 15 is 0 Å². The average molecular weight is 507 g/mol. The van der Waals surface area contributed by atoms with Crippen LogP contribution in [0.2, 0.25) is 5.02 Å². The zero-order valence-corrected chi connectivity index (χ0v) is 21.2. The highest BCUT2D eigenvalue weighted by atomic mass is 35.5. The predicted octanol–water partition coefficient (Wildman–Crippen LogP) is 7.66. The van der Waals surface area contributed by atoms with Crippen molar-refractivity contribution in [3.63, 3.8) is 0 Å². The first kappa shape index (κ1) is 24.5. The Labute approximate surface area is 212 Å². The molecule has 4 rings (SSSR count). The van der Waals surface area contributed by atoms with Gasteiger partial charge in [0.25, 0.3) is 6.47 Å². The summed E-state index contributed by atoms with van der Waals surface area (Å²) >= 11 is 7.47. The molecule has 0 saturated heterocycles. The number of ketones is 1. The number of phenols is 1. The highest BCUT2D eigenvalue weighted by Crippen LogP contribution is 2.44. The number of carbonyl (C=O) groups excluding carboxylic acids is 2. The van der Waals surface area contributed by atoms with Gasteiger partial charge in [-0.25, -0.2) is 0 Å². The second-order valence-corrected chi connectivity index (χ2v) is 9.79. The van der Waals surface area contributed by atoms with Crippen molar-refractivity contribution in [1.82, 2.24) is 0 Å². The van der Waals surface area contributed by atoms with E-state index in [1.54, 1.807) is 36.4 Å². The molecule has 0 aliphatic heterocycles. The van der Waals surface area contributed by atoms with E-state index in [1.165, 1.54) is 17.6 Å². The number of halogens is 1. The lowest BCUT2D eigenvalue weighted by Crippen LogP contribution is -2.06. The first-order valence-corrected chi connectivity index (χ1v) is 12.0. The minimum absolute atomic E-state index is 0.115. The van der Waals surface area contributed by atoms with Crippen molar-refractivity contribution < 1.29 is 24.2 Å². The van der Waals surface area contributed by atoms with Crippen LogP contribution >= 0.6 is 22.9 Å². The topological polar surface area (TPSA) is 72.8 Å². The van der Waals surface area contributed by atoms with Gasteiger partial charge in [-0.3, -0.25) is 9.59 Å². The minimum Gasteiger partial charge on any atom is -0.508 e. The van der Waals surface area contributed by atoms with Gasteiger partial charge in [-0.1, -0.05) is 11.6 Å². The Bertz CT molecular complexity index is 1450. The summed E-state index contributed by atoms with van der Waals surface area (Å²) in [6.07, 6.45) is 3.00. The molecule has 0 spiro atoms. The van der Waals surface area contributed by atoms with E-state index in [2.05, 4.69) is 4.74 Å². The highest BCUT2D eigenvalue weighted by Gasteiger charge is 2.25. The number of hydrogen-bond donors (Lipinski definition) is 1. The zero-order chi connectivity index (χ0) is 25.3. The number of aromatic hydroxyl groups is 1. The third-order valence-corrected chi connectivity index (χ3v) is 6.99. The van der Waals surface area contributed by atoms with Gasteiger partial charge in [-0.15, -0.1) is 11.3 Å². The van der Waals surface area contributed by atoms with Gasteiger partial charge in [0, 0.05) is 20.7 Å². The van der Waals surface area contributed by atoms with Crippen LogP contribution in [-0.4, -0.2) is 17.4 Å². The van der Waals surface area contributed by atoms with E-state index in [9.17, 15) is 14.7 Å². The van der Waals surface area contributed by atoms with Crippen LogP contribution in [0.15, 0.2) is 48.7 Å². The van der Waals surface area contributed by atoms with Gasteiger partial charge in [0.1, 0.15) is 16.4 Å². The number of benzene rings is 3. The Morgan fingerprint density at radius 3 is 2.23 bits per heavy atom. The molecule has 0 bridgehead atoms. The molecule has 0 saturated carbocycles. The van der Waals surface area contributed by atoms with E-state index in [0.29, 0.717) is 33.4 Å². The van der Waals surface area contributed by atoms with E-state index in [-0.39, 0.29) is 11.5 Å². The van der Waals surface area contributed by atoms with Crippen molar-refractivity contribution in [2.24, 2.45) is 0 Å². The summed E-state index contributed by atoms with van der Waals surface area (Å²) in [5, 5.41) is 11.3. The van der Waals surface area contributed by atoms with Crippen molar-refractivity contribution >= 4 is 51.4 Å². The molecule has 0 radical (unpaired) electrons. The molecule has 7 heteroatoms. The summed E-state index contributed by atoms with van der Waals surface area (Å²) in [7, 11) is 0. The normalized spacial score (nSPS) is 11.2. The van der Waals surface area contributed by atoms with Gasteiger partial charge in [0.2, 0.25) is 5.78 Å². The maximum absolute atomic E-state index is 13.8. The number of thiophene rings is 1. The second kappa shape index (κ2) is 9.94. The zero-order valence-electron chi connectivity index (χ0n) is 19.6. The van der Waals surface area contributed by atoms with Gasteiger partial charge in [-0.05, 0) is 104 Å². The summed E-state index contributed by atoms with van der Waals surface area (Å²) < 4.78 is 11.8. The van der Waals surface area contributed by atoms with Crippen molar-refractivity contribution in [2.45, 2.75) is 27.7 Å². The molecular formula is C28H23ClO5S. The Kier molecular flexibility index (Phi) is 6.96. The average Bonchev–Trinajstić information content (AvgIpc) is 3.13. The molecule has 0 atom stereocenters. The van der Waals surface area contributed by atoms with E-state index in [0.717, 1.165) is 37.9 Å². The summed E-state index contributed by atoms with van der Waals surface area (Å²) in [5.41, 5.74) is 4.70. The molecule has 35 heavy (non-hydrogen) atoms. The van der Waals surface area contributed by atoms with Crippen LogP contribution in [0.1, 0.15) is 43.1 Å². The summed E-state index contributed by atoms with van der Waals surface area (Å²) in [5.74, 6) is 1.03. The van der Waals surface area contributed by atoms with Crippen LogP contribution in [0.25, 0.3) is 16.2 Å². The number of ether oxygens (including phenoxy) is 2. The lowest BCUT2D eigenvalue weighted by Gasteiger charge is -2.15. The Morgan fingerprint density at radius 1 is 0.943 bits per heavy atom. The maximum Gasteiger partial charge on any atom is 0.297 e. The van der Waals surface area contributed by atoms with Crippen molar-refractivity contribution in [2.75, 3.05) is 0 Å². The van der Waals surface area contributed by atoms with Crippen LogP contribution in [0, 0.1) is 27.7 Å². The first-order valence-electron chi connectivity index (χ1n) is 10.8. The molecular weight excluding hydrogens is 484 g/mol. The molecule has 0 amide bonds. The molecule has 178 valence electrons. The van der Waals surface area contributed by atoms with E-state index in [1.807, 2.05) is 39.8 Å². The summed E-state index contributed by atoms with van der Waals surface area (Å²) in [4.78, 5) is 24.6.